The summed E-state index contributed by atoms with van der Waals surface area (Å²) in [7, 11) is 3.09. The van der Waals surface area contributed by atoms with Crippen molar-refractivity contribution in [3.63, 3.8) is 0 Å². The van der Waals surface area contributed by atoms with Gasteiger partial charge in [-0.25, -0.2) is 4.39 Å². The smallest absolute Gasteiger partial charge is 0.225 e. The lowest BCUT2D eigenvalue weighted by Crippen LogP contribution is -2.37. The number of rotatable bonds is 7. The highest BCUT2D eigenvalue weighted by Gasteiger charge is 2.30. The molecule has 2 amide bonds. The van der Waals surface area contributed by atoms with Crippen molar-refractivity contribution >= 4 is 11.8 Å². The van der Waals surface area contributed by atoms with Crippen LogP contribution in [0.3, 0.4) is 0 Å². The van der Waals surface area contributed by atoms with Crippen LogP contribution in [0, 0.1) is 5.82 Å². The predicted octanol–water partition coefficient (Wildman–Crippen LogP) is 2.30. The van der Waals surface area contributed by atoms with Gasteiger partial charge in [-0.1, -0.05) is 18.2 Å². The summed E-state index contributed by atoms with van der Waals surface area (Å²) in [6, 6.07) is 11.2. The number of nitrogens with zero attached hydrogens (tertiary/aromatic N) is 1. The van der Waals surface area contributed by atoms with Gasteiger partial charge in [-0.05, 0) is 35.4 Å². The minimum Gasteiger partial charge on any atom is -0.493 e. The van der Waals surface area contributed by atoms with Gasteiger partial charge in [0.25, 0.3) is 0 Å². The second-order valence-corrected chi connectivity index (χ2v) is 6.74. The Morgan fingerprint density at radius 3 is 2.64 bits per heavy atom. The topological polar surface area (TPSA) is 67.9 Å². The Bertz CT molecular complexity index is 871. The van der Waals surface area contributed by atoms with Gasteiger partial charge in [0.05, 0.1) is 26.7 Å². The third-order valence-corrected chi connectivity index (χ3v) is 4.65. The molecule has 0 radical (unpaired) electrons. The van der Waals surface area contributed by atoms with Crippen molar-refractivity contribution < 1.29 is 23.5 Å². The number of benzene rings is 2. The van der Waals surface area contributed by atoms with Gasteiger partial charge >= 0.3 is 0 Å². The van der Waals surface area contributed by atoms with Crippen LogP contribution in [0.15, 0.2) is 42.5 Å². The monoisotopic (exact) mass is 386 g/mol. The standard InChI is InChI=1S/C21H23FN2O4/c1-27-18-7-6-14(9-19(18)28-2)10-20(25)23-17-11-21(26)24(13-17)12-15-4-3-5-16(22)8-15/h3-9,17H,10-13H2,1-2H3,(H,23,25)/t17-/m1/s1. The molecule has 1 atom stereocenters. The maximum Gasteiger partial charge on any atom is 0.225 e. The van der Waals surface area contributed by atoms with Crippen LogP contribution in [0.1, 0.15) is 17.5 Å². The second-order valence-electron chi connectivity index (χ2n) is 6.74. The minimum absolute atomic E-state index is 0.0549. The van der Waals surface area contributed by atoms with Crippen LogP contribution >= 0.6 is 0 Å². The van der Waals surface area contributed by atoms with Crippen molar-refractivity contribution in [3.05, 3.63) is 59.4 Å². The lowest BCUT2D eigenvalue weighted by Gasteiger charge is -2.17. The van der Waals surface area contributed by atoms with E-state index in [2.05, 4.69) is 5.32 Å². The fourth-order valence-electron chi connectivity index (χ4n) is 3.33. The van der Waals surface area contributed by atoms with E-state index < -0.39 is 0 Å². The summed E-state index contributed by atoms with van der Waals surface area (Å²) in [6.07, 6.45) is 0.419. The molecule has 1 heterocycles. The number of halogens is 1. The molecule has 0 unspecified atom stereocenters. The van der Waals surface area contributed by atoms with Crippen LogP contribution in [0.25, 0.3) is 0 Å². The van der Waals surface area contributed by atoms with Gasteiger partial charge < -0.3 is 19.7 Å². The number of ether oxygens (including phenoxy) is 2. The van der Waals surface area contributed by atoms with Crippen LogP contribution in [-0.2, 0) is 22.6 Å². The number of likely N-dealkylation sites (tertiary alicyclic amines) is 1. The van der Waals surface area contributed by atoms with E-state index in [9.17, 15) is 14.0 Å². The molecule has 1 aliphatic heterocycles. The molecule has 0 spiro atoms. The van der Waals surface area contributed by atoms with Crippen LogP contribution in [0.2, 0.25) is 0 Å². The van der Waals surface area contributed by atoms with E-state index >= 15 is 0 Å². The van der Waals surface area contributed by atoms with Crippen molar-refractivity contribution in [2.75, 3.05) is 20.8 Å². The highest BCUT2D eigenvalue weighted by molar-refractivity contribution is 5.83. The highest BCUT2D eigenvalue weighted by atomic mass is 19.1. The zero-order valence-electron chi connectivity index (χ0n) is 15.9. The number of methoxy groups -OCH3 is 2. The molecular formula is C21H23FN2O4. The third-order valence-electron chi connectivity index (χ3n) is 4.65. The molecular weight excluding hydrogens is 363 g/mol. The Kier molecular flexibility index (Phi) is 6.13. The minimum atomic E-state index is -0.330. The second kappa shape index (κ2) is 8.73. The molecule has 6 nitrogen and oxygen atoms in total. The Morgan fingerprint density at radius 1 is 1.14 bits per heavy atom. The SMILES string of the molecule is COc1ccc(CC(=O)N[C@@H]2CC(=O)N(Cc3cccc(F)c3)C2)cc1OC. The quantitative estimate of drug-likeness (QED) is 0.793. The van der Waals surface area contributed by atoms with Gasteiger partial charge in [0, 0.05) is 19.5 Å². The number of carbonyl (C=O) groups excluding carboxylic acids is 2. The first-order valence-electron chi connectivity index (χ1n) is 9.01. The Labute approximate surface area is 163 Å². The summed E-state index contributed by atoms with van der Waals surface area (Å²) in [6.45, 7) is 0.742. The van der Waals surface area contributed by atoms with E-state index in [4.69, 9.17) is 9.47 Å². The molecule has 2 aromatic rings. The summed E-state index contributed by atoms with van der Waals surface area (Å²) in [5.41, 5.74) is 1.52. The summed E-state index contributed by atoms with van der Waals surface area (Å²) in [4.78, 5) is 26.2. The largest absolute Gasteiger partial charge is 0.493 e. The number of hydrogen-bond donors (Lipinski definition) is 1. The molecule has 0 aromatic heterocycles. The van der Waals surface area contributed by atoms with Crippen molar-refractivity contribution in [3.8, 4) is 11.5 Å². The summed E-state index contributed by atoms with van der Waals surface area (Å²) in [5, 5.41) is 2.90. The average Bonchev–Trinajstić information content (AvgIpc) is 3.00. The van der Waals surface area contributed by atoms with Crippen molar-refractivity contribution in [2.45, 2.75) is 25.4 Å². The van der Waals surface area contributed by atoms with Gasteiger partial charge in [0.15, 0.2) is 11.5 Å². The molecule has 0 bridgehead atoms. The summed E-state index contributed by atoms with van der Waals surface area (Å²) in [5.74, 6) is 0.605. The number of hydrogen-bond acceptors (Lipinski definition) is 4. The van der Waals surface area contributed by atoms with Gasteiger partial charge in [-0.15, -0.1) is 0 Å². The number of nitrogens with one attached hydrogen (secondary N) is 1. The molecule has 1 N–H and O–H groups in total. The van der Waals surface area contributed by atoms with Crippen LogP contribution in [0.5, 0.6) is 11.5 Å². The van der Waals surface area contributed by atoms with Crippen molar-refractivity contribution in [2.24, 2.45) is 0 Å². The maximum absolute atomic E-state index is 13.3. The highest BCUT2D eigenvalue weighted by Crippen LogP contribution is 2.27. The fourth-order valence-corrected chi connectivity index (χ4v) is 3.33. The van der Waals surface area contributed by atoms with E-state index in [1.807, 2.05) is 0 Å². The summed E-state index contributed by atoms with van der Waals surface area (Å²) < 4.78 is 23.8. The first-order chi connectivity index (χ1) is 13.5. The van der Waals surface area contributed by atoms with Crippen LogP contribution < -0.4 is 14.8 Å². The normalized spacial score (nSPS) is 16.2. The molecule has 28 heavy (non-hydrogen) atoms. The number of amides is 2. The maximum atomic E-state index is 13.3. The molecule has 3 rings (SSSR count). The van der Waals surface area contributed by atoms with Crippen molar-refractivity contribution in [1.29, 1.82) is 0 Å². The lowest BCUT2D eigenvalue weighted by molar-refractivity contribution is -0.128. The van der Waals surface area contributed by atoms with E-state index in [-0.39, 0.29) is 36.5 Å². The van der Waals surface area contributed by atoms with Gasteiger partial charge in [0.2, 0.25) is 11.8 Å². The average molecular weight is 386 g/mol. The first kappa shape index (κ1) is 19.7. The van der Waals surface area contributed by atoms with E-state index in [1.165, 1.54) is 12.1 Å². The Balaban J connectivity index is 1.55. The van der Waals surface area contributed by atoms with Crippen LogP contribution in [-0.4, -0.2) is 43.5 Å². The molecule has 1 fully saturated rings. The molecule has 1 saturated heterocycles. The first-order valence-corrected chi connectivity index (χ1v) is 9.01. The molecule has 0 aliphatic carbocycles. The zero-order valence-corrected chi connectivity index (χ0v) is 15.9. The number of carbonyl (C=O) groups is 2. The van der Waals surface area contributed by atoms with E-state index in [0.29, 0.717) is 24.6 Å². The predicted molar refractivity (Wildman–Crippen MR) is 102 cm³/mol. The zero-order chi connectivity index (χ0) is 20.1. The van der Waals surface area contributed by atoms with E-state index in [0.717, 1.165) is 11.1 Å². The third kappa shape index (κ3) is 4.79. The summed E-state index contributed by atoms with van der Waals surface area (Å²) >= 11 is 0. The molecule has 148 valence electrons. The Morgan fingerprint density at radius 2 is 1.93 bits per heavy atom. The van der Waals surface area contributed by atoms with Gasteiger partial charge in [0.1, 0.15) is 5.82 Å². The molecule has 2 aromatic carbocycles. The lowest BCUT2D eigenvalue weighted by atomic mass is 10.1. The fraction of sp³-hybridized carbons (Fsp3) is 0.333. The molecule has 0 saturated carbocycles. The Hall–Kier alpha value is -3.09. The van der Waals surface area contributed by atoms with Gasteiger partial charge in [-0.3, -0.25) is 9.59 Å². The van der Waals surface area contributed by atoms with Crippen LogP contribution in [0.4, 0.5) is 4.39 Å². The molecule has 1 aliphatic rings. The molecule has 7 heteroatoms. The van der Waals surface area contributed by atoms with E-state index in [1.54, 1.807) is 49.5 Å². The van der Waals surface area contributed by atoms with Crippen molar-refractivity contribution in [1.82, 2.24) is 10.2 Å². The van der Waals surface area contributed by atoms with Gasteiger partial charge in [-0.2, -0.15) is 0 Å².